The van der Waals surface area contributed by atoms with Crippen molar-refractivity contribution < 1.29 is 9.53 Å². The summed E-state index contributed by atoms with van der Waals surface area (Å²) in [5.41, 5.74) is 7.52. The molecule has 20 heavy (non-hydrogen) atoms. The second-order valence-corrected chi connectivity index (χ2v) is 6.72. The second kappa shape index (κ2) is 7.09. The van der Waals surface area contributed by atoms with Crippen molar-refractivity contribution in [3.8, 4) is 0 Å². The molecule has 3 N–H and O–H groups in total. The third-order valence-electron chi connectivity index (χ3n) is 2.71. The maximum atomic E-state index is 11.7. The monoisotopic (exact) mass is 342 g/mol. The smallest absolute Gasteiger partial charge is 0.407 e. The Hall–Kier alpha value is -1.07. The van der Waals surface area contributed by atoms with Crippen molar-refractivity contribution in [2.45, 2.75) is 45.8 Å². The minimum Gasteiger partial charge on any atom is -0.444 e. The van der Waals surface area contributed by atoms with Crippen LogP contribution in [0.25, 0.3) is 0 Å². The number of alkyl carbamates (subject to hydrolysis) is 1. The summed E-state index contributed by atoms with van der Waals surface area (Å²) in [6.07, 6.45) is 0.255. The summed E-state index contributed by atoms with van der Waals surface area (Å²) in [5.74, 6) is 0. The maximum absolute atomic E-state index is 11.7. The van der Waals surface area contributed by atoms with E-state index in [-0.39, 0.29) is 6.04 Å². The van der Waals surface area contributed by atoms with Crippen molar-refractivity contribution in [3.63, 3.8) is 0 Å². The average Bonchev–Trinajstić information content (AvgIpc) is 2.30. The van der Waals surface area contributed by atoms with Crippen LogP contribution in [0.1, 0.15) is 31.9 Å². The molecule has 1 rings (SSSR count). The Bertz CT molecular complexity index is 469. The van der Waals surface area contributed by atoms with Gasteiger partial charge in [-0.3, -0.25) is 0 Å². The van der Waals surface area contributed by atoms with E-state index in [4.69, 9.17) is 10.5 Å². The first-order valence-corrected chi connectivity index (χ1v) is 7.45. The molecule has 0 aliphatic rings. The number of carbonyl (C=O) groups excluding carboxylic acids is 1. The second-order valence-electron chi connectivity index (χ2n) is 5.87. The first-order valence-electron chi connectivity index (χ1n) is 6.66. The number of hydrogen-bond acceptors (Lipinski definition) is 3. The number of benzene rings is 1. The third kappa shape index (κ3) is 5.92. The van der Waals surface area contributed by atoms with Crippen LogP contribution in [0.3, 0.4) is 0 Å². The van der Waals surface area contributed by atoms with Crippen molar-refractivity contribution in [3.05, 3.63) is 33.8 Å². The SMILES string of the molecule is Cc1cc(CC(CN)NC(=O)OC(C)(C)C)ccc1Br. The molecule has 0 fully saturated rings. The number of carbonyl (C=O) groups is 1. The Morgan fingerprint density at radius 1 is 1.45 bits per heavy atom. The highest BCUT2D eigenvalue weighted by Gasteiger charge is 2.19. The van der Waals surface area contributed by atoms with Gasteiger partial charge in [0.05, 0.1) is 0 Å². The quantitative estimate of drug-likeness (QED) is 0.883. The lowest BCUT2D eigenvalue weighted by molar-refractivity contribution is 0.0506. The van der Waals surface area contributed by atoms with Crippen LogP contribution in [0.15, 0.2) is 22.7 Å². The number of rotatable bonds is 4. The van der Waals surface area contributed by atoms with Gasteiger partial charge >= 0.3 is 6.09 Å². The number of aryl methyl sites for hydroxylation is 1. The van der Waals surface area contributed by atoms with Crippen LogP contribution in [0.2, 0.25) is 0 Å². The van der Waals surface area contributed by atoms with Crippen LogP contribution in [0.4, 0.5) is 4.79 Å². The van der Waals surface area contributed by atoms with Gasteiger partial charge in [0.25, 0.3) is 0 Å². The first kappa shape index (κ1) is 17.0. The molecule has 0 aromatic heterocycles. The summed E-state index contributed by atoms with van der Waals surface area (Å²) < 4.78 is 6.31. The summed E-state index contributed by atoms with van der Waals surface area (Å²) in [6.45, 7) is 7.91. The molecule has 4 nitrogen and oxygen atoms in total. The Balaban J connectivity index is 2.63. The minimum absolute atomic E-state index is 0.134. The highest BCUT2D eigenvalue weighted by Crippen LogP contribution is 2.18. The van der Waals surface area contributed by atoms with Crippen LogP contribution >= 0.6 is 15.9 Å². The number of amides is 1. The fourth-order valence-corrected chi connectivity index (χ4v) is 2.03. The van der Waals surface area contributed by atoms with E-state index in [1.165, 1.54) is 0 Å². The van der Waals surface area contributed by atoms with Gasteiger partial charge < -0.3 is 15.8 Å². The molecule has 1 atom stereocenters. The molecular formula is C15H23BrN2O2. The van der Waals surface area contributed by atoms with Crippen molar-refractivity contribution in [2.75, 3.05) is 6.54 Å². The van der Waals surface area contributed by atoms with E-state index < -0.39 is 11.7 Å². The molecule has 0 aliphatic carbocycles. The summed E-state index contributed by atoms with van der Waals surface area (Å²) >= 11 is 3.47. The van der Waals surface area contributed by atoms with Crippen molar-refractivity contribution >= 4 is 22.0 Å². The Morgan fingerprint density at radius 2 is 2.10 bits per heavy atom. The molecule has 112 valence electrons. The summed E-state index contributed by atoms with van der Waals surface area (Å²) in [7, 11) is 0. The molecule has 0 saturated carbocycles. The average molecular weight is 343 g/mol. The molecule has 0 bridgehead atoms. The maximum Gasteiger partial charge on any atom is 0.407 e. The standard InChI is InChI=1S/C15H23BrN2O2/c1-10-7-11(5-6-13(10)16)8-12(9-17)18-14(19)20-15(2,3)4/h5-7,12H,8-9,17H2,1-4H3,(H,18,19). The Kier molecular flexibility index (Phi) is 6.02. The van der Waals surface area contributed by atoms with Gasteiger partial charge in [-0.05, 0) is 51.3 Å². The zero-order valence-electron chi connectivity index (χ0n) is 12.5. The van der Waals surface area contributed by atoms with Crippen LogP contribution in [0, 0.1) is 6.92 Å². The van der Waals surface area contributed by atoms with Gasteiger partial charge in [0.15, 0.2) is 0 Å². The predicted octanol–water partition coefficient (Wildman–Crippen LogP) is 3.15. The number of nitrogens with one attached hydrogen (secondary N) is 1. The zero-order valence-corrected chi connectivity index (χ0v) is 14.1. The predicted molar refractivity (Wildman–Crippen MR) is 84.8 cm³/mol. The Labute approximate surface area is 129 Å². The van der Waals surface area contributed by atoms with E-state index in [0.717, 1.165) is 15.6 Å². The van der Waals surface area contributed by atoms with Gasteiger partial charge in [-0.2, -0.15) is 0 Å². The normalized spacial score (nSPS) is 12.9. The van der Waals surface area contributed by atoms with Crippen LogP contribution < -0.4 is 11.1 Å². The van der Waals surface area contributed by atoms with Gasteiger partial charge in [-0.15, -0.1) is 0 Å². The van der Waals surface area contributed by atoms with E-state index in [9.17, 15) is 4.79 Å². The molecule has 1 aromatic carbocycles. The van der Waals surface area contributed by atoms with E-state index in [2.05, 4.69) is 27.3 Å². The van der Waals surface area contributed by atoms with Gasteiger partial charge in [-0.1, -0.05) is 28.1 Å². The number of hydrogen-bond donors (Lipinski definition) is 2. The topological polar surface area (TPSA) is 64.3 Å². The molecule has 0 radical (unpaired) electrons. The number of halogens is 1. The lowest BCUT2D eigenvalue weighted by Crippen LogP contribution is -2.44. The van der Waals surface area contributed by atoms with E-state index >= 15 is 0 Å². The van der Waals surface area contributed by atoms with Crippen molar-refractivity contribution in [2.24, 2.45) is 5.73 Å². The summed E-state index contributed by atoms with van der Waals surface area (Å²) in [5, 5.41) is 2.81. The fourth-order valence-electron chi connectivity index (χ4n) is 1.79. The minimum atomic E-state index is -0.503. The molecule has 0 heterocycles. The summed E-state index contributed by atoms with van der Waals surface area (Å²) in [4.78, 5) is 11.7. The van der Waals surface area contributed by atoms with E-state index in [1.54, 1.807) is 0 Å². The summed E-state index contributed by atoms with van der Waals surface area (Å²) in [6, 6.07) is 5.98. The molecule has 0 aliphatic heterocycles. The number of nitrogens with two attached hydrogens (primary N) is 1. The largest absolute Gasteiger partial charge is 0.444 e. The molecule has 0 spiro atoms. The molecule has 1 unspecified atom stereocenters. The molecule has 1 amide bonds. The van der Waals surface area contributed by atoms with Gasteiger partial charge in [0.1, 0.15) is 5.60 Å². The van der Waals surface area contributed by atoms with Crippen LogP contribution in [0.5, 0.6) is 0 Å². The fraction of sp³-hybridized carbons (Fsp3) is 0.533. The number of ether oxygens (including phenoxy) is 1. The van der Waals surface area contributed by atoms with E-state index in [1.807, 2.05) is 39.8 Å². The van der Waals surface area contributed by atoms with Crippen LogP contribution in [-0.2, 0) is 11.2 Å². The third-order valence-corrected chi connectivity index (χ3v) is 3.60. The Morgan fingerprint density at radius 3 is 2.60 bits per heavy atom. The molecular weight excluding hydrogens is 320 g/mol. The zero-order chi connectivity index (χ0) is 15.3. The molecule has 5 heteroatoms. The van der Waals surface area contributed by atoms with Crippen molar-refractivity contribution in [1.82, 2.24) is 5.32 Å². The van der Waals surface area contributed by atoms with Crippen LogP contribution in [-0.4, -0.2) is 24.3 Å². The molecule has 1 aromatic rings. The first-order chi connectivity index (χ1) is 9.21. The van der Waals surface area contributed by atoms with Gasteiger partial charge in [0, 0.05) is 17.1 Å². The lowest BCUT2D eigenvalue weighted by atomic mass is 10.0. The molecule has 0 saturated heterocycles. The lowest BCUT2D eigenvalue weighted by Gasteiger charge is -2.23. The van der Waals surface area contributed by atoms with Gasteiger partial charge in [-0.25, -0.2) is 4.79 Å². The highest BCUT2D eigenvalue weighted by atomic mass is 79.9. The highest BCUT2D eigenvalue weighted by molar-refractivity contribution is 9.10. The van der Waals surface area contributed by atoms with Gasteiger partial charge in [0.2, 0.25) is 0 Å². The van der Waals surface area contributed by atoms with Crippen molar-refractivity contribution in [1.29, 1.82) is 0 Å². The van der Waals surface area contributed by atoms with E-state index in [0.29, 0.717) is 13.0 Å².